The fourth-order valence-corrected chi connectivity index (χ4v) is 2.94. The van der Waals surface area contributed by atoms with Gasteiger partial charge in [0.1, 0.15) is 17.3 Å². The third-order valence-electron chi connectivity index (χ3n) is 3.66. The smallest absolute Gasteiger partial charge is 0.271 e. The number of carbonyl (C=O) groups excluding carboxylic acids is 2. The number of methoxy groups -OCH3 is 1. The second-order valence-corrected chi connectivity index (χ2v) is 6.39. The first-order valence-electron chi connectivity index (χ1n) is 7.99. The lowest BCUT2D eigenvalue weighted by molar-refractivity contribution is 0.0945. The highest BCUT2D eigenvalue weighted by molar-refractivity contribution is 7.14. The molecule has 2 aromatic carbocycles. The van der Waals surface area contributed by atoms with Crippen LogP contribution in [0.1, 0.15) is 26.4 Å². The summed E-state index contributed by atoms with van der Waals surface area (Å²) >= 11 is 1.12. The highest BCUT2D eigenvalue weighted by Gasteiger charge is 2.13. The molecule has 2 amide bonds. The van der Waals surface area contributed by atoms with Gasteiger partial charge in [-0.05, 0) is 35.9 Å². The van der Waals surface area contributed by atoms with Crippen LogP contribution < -0.4 is 15.4 Å². The number of amides is 2. The maximum absolute atomic E-state index is 13.2. The van der Waals surface area contributed by atoms with Gasteiger partial charge in [-0.15, -0.1) is 11.3 Å². The van der Waals surface area contributed by atoms with Gasteiger partial charge in [0.05, 0.1) is 7.11 Å². The summed E-state index contributed by atoms with van der Waals surface area (Å²) in [5.74, 6) is -0.606. The summed E-state index contributed by atoms with van der Waals surface area (Å²) in [6, 6.07) is 12.7. The van der Waals surface area contributed by atoms with Crippen LogP contribution in [0, 0.1) is 5.82 Å². The summed E-state index contributed by atoms with van der Waals surface area (Å²) in [6.45, 7) is 0.339. The molecule has 0 aliphatic rings. The number of benzene rings is 2. The average molecular weight is 385 g/mol. The Morgan fingerprint density at radius 3 is 2.63 bits per heavy atom. The maximum atomic E-state index is 13.2. The van der Waals surface area contributed by atoms with E-state index in [9.17, 15) is 14.0 Å². The van der Waals surface area contributed by atoms with Crippen LogP contribution in [0.3, 0.4) is 0 Å². The van der Waals surface area contributed by atoms with Crippen LogP contribution in [-0.4, -0.2) is 23.9 Å². The lowest BCUT2D eigenvalue weighted by Crippen LogP contribution is -2.23. The largest absolute Gasteiger partial charge is 0.497 e. The van der Waals surface area contributed by atoms with E-state index in [0.717, 1.165) is 28.7 Å². The highest BCUT2D eigenvalue weighted by Crippen LogP contribution is 2.17. The van der Waals surface area contributed by atoms with Crippen LogP contribution in [0.15, 0.2) is 53.9 Å². The van der Waals surface area contributed by atoms with Crippen molar-refractivity contribution >= 4 is 28.3 Å². The van der Waals surface area contributed by atoms with E-state index in [0.29, 0.717) is 6.54 Å². The molecule has 1 heterocycles. The molecule has 0 bridgehead atoms. The minimum atomic E-state index is -0.500. The molecule has 0 atom stereocenters. The lowest BCUT2D eigenvalue weighted by atomic mass is 10.2. The van der Waals surface area contributed by atoms with E-state index in [1.807, 2.05) is 24.3 Å². The maximum Gasteiger partial charge on any atom is 0.271 e. The van der Waals surface area contributed by atoms with Crippen molar-refractivity contribution in [2.45, 2.75) is 6.54 Å². The third kappa shape index (κ3) is 4.89. The molecular formula is C19H16FN3O3S. The summed E-state index contributed by atoms with van der Waals surface area (Å²) in [6.07, 6.45) is 0. The van der Waals surface area contributed by atoms with Crippen molar-refractivity contribution in [3.63, 3.8) is 0 Å². The molecule has 0 aliphatic heterocycles. The van der Waals surface area contributed by atoms with Gasteiger partial charge in [0.15, 0.2) is 5.13 Å². The highest BCUT2D eigenvalue weighted by atomic mass is 32.1. The van der Waals surface area contributed by atoms with Gasteiger partial charge in [-0.1, -0.05) is 18.2 Å². The van der Waals surface area contributed by atoms with Crippen LogP contribution in [0.2, 0.25) is 0 Å². The first-order valence-corrected chi connectivity index (χ1v) is 8.86. The Balaban J connectivity index is 1.57. The summed E-state index contributed by atoms with van der Waals surface area (Å²) in [7, 11) is 1.59. The van der Waals surface area contributed by atoms with Crippen LogP contribution >= 0.6 is 11.3 Å². The third-order valence-corrected chi connectivity index (χ3v) is 4.41. The standard InChI is InChI=1S/C19H16FN3O3S/c1-26-15-7-5-12(6-8-15)10-21-18(25)16-11-27-19(22-16)23-17(24)13-3-2-4-14(20)9-13/h2-9,11H,10H2,1H3,(H,21,25)(H,22,23,24). The Morgan fingerprint density at radius 1 is 1.15 bits per heavy atom. The fraction of sp³-hybridized carbons (Fsp3) is 0.105. The predicted molar refractivity (Wildman–Crippen MR) is 101 cm³/mol. The number of anilines is 1. The van der Waals surface area contributed by atoms with Gasteiger partial charge in [0.2, 0.25) is 0 Å². The molecule has 3 rings (SSSR count). The number of ether oxygens (including phenoxy) is 1. The van der Waals surface area contributed by atoms with Crippen molar-refractivity contribution in [1.82, 2.24) is 10.3 Å². The number of nitrogens with one attached hydrogen (secondary N) is 2. The second-order valence-electron chi connectivity index (χ2n) is 5.53. The first kappa shape index (κ1) is 18.5. The molecule has 27 heavy (non-hydrogen) atoms. The molecule has 0 saturated carbocycles. The van der Waals surface area contributed by atoms with Gasteiger partial charge < -0.3 is 10.1 Å². The molecule has 6 nitrogen and oxygen atoms in total. The molecule has 8 heteroatoms. The quantitative estimate of drug-likeness (QED) is 0.681. The van der Waals surface area contributed by atoms with Crippen molar-refractivity contribution in [2.24, 2.45) is 0 Å². The van der Waals surface area contributed by atoms with E-state index in [-0.39, 0.29) is 22.3 Å². The Morgan fingerprint density at radius 2 is 1.93 bits per heavy atom. The summed E-state index contributed by atoms with van der Waals surface area (Å²) in [5, 5.41) is 7.12. The predicted octanol–water partition coefficient (Wildman–Crippen LogP) is 3.47. The zero-order valence-corrected chi connectivity index (χ0v) is 15.2. The number of hydrogen-bond acceptors (Lipinski definition) is 5. The monoisotopic (exact) mass is 385 g/mol. The minimum Gasteiger partial charge on any atom is -0.497 e. The van der Waals surface area contributed by atoms with E-state index in [2.05, 4.69) is 15.6 Å². The van der Waals surface area contributed by atoms with Gasteiger partial charge in [-0.2, -0.15) is 0 Å². The number of hydrogen-bond donors (Lipinski definition) is 2. The Hall–Kier alpha value is -3.26. The Labute approximate surface area is 159 Å². The lowest BCUT2D eigenvalue weighted by Gasteiger charge is -2.05. The molecule has 0 aliphatic carbocycles. The molecule has 2 N–H and O–H groups in total. The zero-order chi connectivity index (χ0) is 19.2. The summed E-state index contributed by atoms with van der Waals surface area (Å²) in [5.41, 5.74) is 1.29. The molecule has 0 unspecified atom stereocenters. The van der Waals surface area contributed by atoms with E-state index in [4.69, 9.17) is 4.74 Å². The van der Waals surface area contributed by atoms with Crippen LogP contribution in [0.5, 0.6) is 5.75 Å². The van der Waals surface area contributed by atoms with Crippen molar-refractivity contribution in [3.8, 4) is 5.75 Å². The van der Waals surface area contributed by atoms with Gasteiger partial charge in [0.25, 0.3) is 11.8 Å². The number of aromatic nitrogens is 1. The molecule has 138 valence electrons. The molecule has 3 aromatic rings. The summed E-state index contributed by atoms with van der Waals surface area (Å²) < 4.78 is 18.3. The number of halogens is 1. The van der Waals surface area contributed by atoms with Crippen molar-refractivity contribution in [2.75, 3.05) is 12.4 Å². The number of thiazole rings is 1. The number of carbonyl (C=O) groups is 2. The van der Waals surface area contributed by atoms with Crippen molar-refractivity contribution in [3.05, 3.63) is 76.5 Å². The van der Waals surface area contributed by atoms with E-state index in [1.54, 1.807) is 12.5 Å². The van der Waals surface area contributed by atoms with Crippen LogP contribution in [-0.2, 0) is 6.54 Å². The molecular weight excluding hydrogens is 369 g/mol. The van der Waals surface area contributed by atoms with E-state index >= 15 is 0 Å². The Kier molecular flexibility index (Phi) is 5.77. The molecule has 0 radical (unpaired) electrons. The SMILES string of the molecule is COc1ccc(CNC(=O)c2csc(NC(=O)c3cccc(F)c3)n2)cc1. The van der Waals surface area contributed by atoms with Crippen molar-refractivity contribution in [1.29, 1.82) is 0 Å². The van der Waals surface area contributed by atoms with E-state index < -0.39 is 11.7 Å². The van der Waals surface area contributed by atoms with Crippen molar-refractivity contribution < 1.29 is 18.7 Å². The topological polar surface area (TPSA) is 80.3 Å². The van der Waals surface area contributed by atoms with Gasteiger partial charge in [-0.3, -0.25) is 14.9 Å². The van der Waals surface area contributed by atoms with Gasteiger partial charge >= 0.3 is 0 Å². The fourth-order valence-electron chi connectivity index (χ4n) is 2.25. The van der Waals surface area contributed by atoms with Gasteiger partial charge in [-0.25, -0.2) is 9.37 Å². The first-order chi connectivity index (χ1) is 13.0. The summed E-state index contributed by atoms with van der Waals surface area (Å²) in [4.78, 5) is 28.4. The second kappa shape index (κ2) is 8.41. The van der Waals surface area contributed by atoms with E-state index in [1.165, 1.54) is 18.2 Å². The minimum absolute atomic E-state index is 0.177. The zero-order valence-electron chi connectivity index (χ0n) is 14.4. The molecule has 0 saturated heterocycles. The van der Waals surface area contributed by atoms with Gasteiger partial charge in [0, 0.05) is 17.5 Å². The normalized spacial score (nSPS) is 10.3. The Bertz CT molecular complexity index is 957. The molecule has 0 spiro atoms. The van der Waals surface area contributed by atoms with Crippen LogP contribution in [0.4, 0.5) is 9.52 Å². The molecule has 1 aromatic heterocycles. The number of rotatable bonds is 6. The average Bonchev–Trinajstić information content (AvgIpc) is 3.15. The van der Waals surface area contributed by atoms with Crippen LogP contribution in [0.25, 0.3) is 0 Å². The molecule has 0 fully saturated rings. The number of nitrogens with zero attached hydrogens (tertiary/aromatic N) is 1.